The summed E-state index contributed by atoms with van der Waals surface area (Å²) in [5, 5.41) is 9.04. The van der Waals surface area contributed by atoms with E-state index < -0.39 is 0 Å². The molecule has 19 heavy (non-hydrogen) atoms. The number of morpholine rings is 1. The normalized spacial score (nSPS) is 19.5. The number of halogens is 1. The number of carbonyl (C=O) groups excluding carboxylic acids is 1. The van der Waals surface area contributed by atoms with Crippen LogP contribution in [0, 0.1) is 0 Å². The van der Waals surface area contributed by atoms with E-state index in [-0.39, 0.29) is 30.7 Å². The lowest BCUT2D eigenvalue weighted by Gasteiger charge is -2.32. The molecule has 0 bridgehead atoms. The van der Waals surface area contributed by atoms with Gasteiger partial charge >= 0.3 is 0 Å². The maximum Gasteiger partial charge on any atom is 0.251 e. The van der Waals surface area contributed by atoms with Gasteiger partial charge in [0.05, 0.1) is 19.3 Å². The molecule has 104 valence electrons. The van der Waals surface area contributed by atoms with Gasteiger partial charge in [-0.2, -0.15) is 0 Å². The van der Waals surface area contributed by atoms with Gasteiger partial charge in [0.25, 0.3) is 5.56 Å². The lowest BCUT2D eigenvalue weighted by molar-refractivity contribution is -0.140. The first-order valence-corrected chi connectivity index (χ1v) is 6.75. The molecule has 0 aromatic carbocycles. The average Bonchev–Trinajstić information content (AvgIpc) is 2.43. The van der Waals surface area contributed by atoms with Gasteiger partial charge in [0.1, 0.15) is 6.54 Å². The number of aromatic nitrogens is 1. The number of ether oxygens (including phenoxy) is 1. The van der Waals surface area contributed by atoms with Gasteiger partial charge in [-0.3, -0.25) is 9.59 Å². The van der Waals surface area contributed by atoms with Crippen molar-refractivity contribution in [3.05, 3.63) is 33.2 Å². The first-order valence-electron chi connectivity index (χ1n) is 5.96. The summed E-state index contributed by atoms with van der Waals surface area (Å²) < 4.78 is 7.38. The molecule has 1 aromatic heterocycles. The van der Waals surface area contributed by atoms with Crippen LogP contribution in [0.15, 0.2) is 27.6 Å². The Balaban J connectivity index is 2.04. The molecular weight excluding hydrogens is 316 g/mol. The van der Waals surface area contributed by atoms with Crippen molar-refractivity contribution in [3.8, 4) is 0 Å². The van der Waals surface area contributed by atoms with Crippen LogP contribution in [0.1, 0.15) is 0 Å². The maximum atomic E-state index is 12.1. The number of hydrogen-bond donors (Lipinski definition) is 1. The summed E-state index contributed by atoms with van der Waals surface area (Å²) in [4.78, 5) is 25.3. The first-order chi connectivity index (χ1) is 9.10. The van der Waals surface area contributed by atoms with Crippen molar-refractivity contribution in [2.45, 2.75) is 12.6 Å². The monoisotopic (exact) mass is 330 g/mol. The molecule has 1 amide bonds. The molecule has 6 nitrogen and oxygen atoms in total. The van der Waals surface area contributed by atoms with Crippen molar-refractivity contribution in [1.82, 2.24) is 9.47 Å². The van der Waals surface area contributed by atoms with Gasteiger partial charge in [0.2, 0.25) is 5.91 Å². The van der Waals surface area contributed by atoms with Crippen LogP contribution in [-0.2, 0) is 16.1 Å². The summed E-state index contributed by atoms with van der Waals surface area (Å²) in [5.74, 6) is -0.151. The van der Waals surface area contributed by atoms with Crippen LogP contribution >= 0.6 is 15.9 Å². The predicted octanol–water partition coefficient (Wildman–Crippen LogP) is -0.170. The molecule has 0 spiro atoms. The molecule has 0 saturated carbocycles. The Morgan fingerprint density at radius 1 is 1.53 bits per heavy atom. The molecule has 0 radical (unpaired) electrons. The molecule has 1 atom stereocenters. The Labute approximate surface area is 118 Å². The van der Waals surface area contributed by atoms with Gasteiger partial charge < -0.3 is 19.3 Å². The summed E-state index contributed by atoms with van der Waals surface area (Å²) in [6, 6.07) is 3.05. The van der Waals surface area contributed by atoms with E-state index in [1.54, 1.807) is 17.2 Å². The van der Waals surface area contributed by atoms with Gasteiger partial charge in [-0.25, -0.2) is 0 Å². The van der Waals surface area contributed by atoms with E-state index in [9.17, 15) is 9.59 Å². The van der Waals surface area contributed by atoms with E-state index in [4.69, 9.17) is 9.84 Å². The van der Waals surface area contributed by atoms with Crippen LogP contribution in [-0.4, -0.2) is 52.9 Å². The maximum absolute atomic E-state index is 12.1. The second-order valence-corrected chi connectivity index (χ2v) is 5.24. The minimum atomic E-state index is -0.336. The van der Waals surface area contributed by atoms with Crippen LogP contribution in [0.25, 0.3) is 0 Å². The fraction of sp³-hybridized carbons (Fsp3) is 0.500. The van der Waals surface area contributed by atoms with E-state index >= 15 is 0 Å². The van der Waals surface area contributed by atoms with Gasteiger partial charge in [0, 0.05) is 29.8 Å². The number of pyridine rings is 1. The molecule has 0 aliphatic carbocycles. The Morgan fingerprint density at radius 2 is 2.32 bits per heavy atom. The molecule has 2 rings (SSSR count). The third-order valence-electron chi connectivity index (χ3n) is 2.95. The largest absolute Gasteiger partial charge is 0.394 e. The molecule has 2 heterocycles. The number of hydrogen-bond acceptors (Lipinski definition) is 4. The van der Waals surface area contributed by atoms with E-state index in [1.165, 1.54) is 10.6 Å². The zero-order valence-corrected chi connectivity index (χ0v) is 11.9. The summed E-state index contributed by atoms with van der Waals surface area (Å²) in [7, 11) is 0. The van der Waals surface area contributed by atoms with Crippen molar-refractivity contribution in [2.24, 2.45) is 0 Å². The summed E-state index contributed by atoms with van der Waals surface area (Å²) >= 11 is 3.27. The quantitative estimate of drug-likeness (QED) is 0.835. The number of amides is 1. The second kappa shape index (κ2) is 6.31. The van der Waals surface area contributed by atoms with Crippen molar-refractivity contribution in [1.29, 1.82) is 0 Å². The Hall–Kier alpha value is -1.18. The minimum absolute atomic E-state index is 0.00355. The average molecular weight is 331 g/mol. The van der Waals surface area contributed by atoms with Crippen molar-refractivity contribution in [2.75, 3.05) is 26.3 Å². The zero-order valence-electron chi connectivity index (χ0n) is 10.3. The molecule has 1 unspecified atom stereocenters. The minimum Gasteiger partial charge on any atom is -0.394 e. The number of aliphatic hydroxyl groups is 1. The van der Waals surface area contributed by atoms with E-state index in [2.05, 4.69) is 15.9 Å². The highest BCUT2D eigenvalue weighted by Gasteiger charge is 2.23. The lowest BCUT2D eigenvalue weighted by Crippen LogP contribution is -2.48. The van der Waals surface area contributed by atoms with Crippen LogP contribution in [0.3, 0.4) is 0 Å². The summed E-state index contributed by atoms with van der Waals surface area (Å²) in [6.07, 6.45) is 1.25. The molecular formula is C12H15BrN2O4. The lowest BCUT2D eigenvalue weighted by atomic mass is 10.3. The summed E-state index contributed by atoms with van der Waals surface area (Å²) in [6.45, 7) is 1.14. The molecule has 1 aromatic rings. The highest BCUT2D eigenvalue weighted by molar-refractivity contribution is 9.10. The number of aliphatic hydroxyl groups excluding tert-OH is 1. The molecule has 1 aliphatic heterocycles. The fourth-order valence-corrected chi connectivity index (χ4v) is 2.31. The number of carbonyl (C=O) groups is 1. The summed E-state index contributed by atoms with van der Waals surface area (Å²) in [5.41, 5.74) is -0.219. The van der Waals surface area contributed by atoms with Gasteiger partial charge in [-0.05, 0) is 22.0 Å². The predicted molar refractivity (Wildman–Crippen MR) is 71.8 cm³/mol. The van der Waals surface area contributed by atoms with Crippen LogP contribution in [0.4, 0.5) is 0 Å². The zero-order chi connectivity index (χ0) is 13.8. The highest BCUT2D eigenvalue weighted by atomic mass is 79.9. The van der Waals surface area contributed by atoms with E-state index in [0.29, 0.717) is 19.7 Å². The third-order valence-corrected chi connectivity index (χ3v) is 3.42. The van der Waals surface area contributed by atoms with E-state index in [1.807, 2.05) is 0 Å². The molecule has 7 heteroatoms. The van der Waals surface area contributed by atoms with Gasteiger partial charge in [-0.1, -0.05) is 0 Å². The van der Waals surface area contributed by atoms with Crippen molar-refractivity contribution < 1.29 is 14.6 Å². The SMILES string of the molecule is O=C(Cn1cc(Br)ccc1=O)N1CCOC(CO)C1. The third kappa shape index (κ3) is 3.65. The van der Waals surface area contributed by atoms with Gasteiger partial charge in [-0.15, -0.1) is 0 Å². The molecule has 1 fully saturated rings. The first kappa shape index (κ1) is 14.2. The van der Waals surface area contributed by atoms with Crippen LogP contribution in [0.2, 0.25) is 0 Å². The Morgan fingerprint density at radius 3 is 3.05 bits per heavy atom. The van der Waals surface area contributed by atoms with Crippen LogP contribution < -0.4 is 5.56 Å². The fourth-order valence-electron chi connectivity index (χ4n) is 1.93. The second-order valence-electron chi connectivity index (χ2n) is 4.33. The standard InChI is InChI=1S/C12H15BrN2O4/c13-9-1-2-11(17)15(5-9)7-12(18)14-3-4-19-10(6-14)8-16/h1-2,5,10,16H,3-4,6-8H2. The van der Waals surface area contributed by atoms with Crippen molar-refractivity contribution in [3.63, 3.8) is 0 Å². The Kier molecular flexibility index (Phi) is 4.73. The molecule has 1 N–H and O–H groups in total. The smallest absolute Gasteiger partial charge is 0.251 e. The molecule has 1 aliphatic rings. The van der Waals surface area contributed by atoms with Crippen LogP contribution in [0.5, 0.6) is 0 Å². The highest BCUT2D eigenvalue weighted by Crippen LogP contribution is 2.08. The van der Waals surface area contributed by atoms with Gasteiger partial charge in [0.15, 0.2) is 0 Å². The number of nitrogens with zero attached hydrogens (tertiary/aromatic N) is 2. The van der Waals surface area contributed by atoms with Crippen molar-refractivity contribution >= 4 is 21.8 Å². The van der Waals surface area contributed by atoms with E-state index in [0.717, 1.165) is 4.47 Å². The Bertz CT molecular complexity index is 517. The topological polar surface area (TPSA) is 71.8 Å². The molecule has 1 saturated heterocycles. The number of rotatable bonds is 3.